The summed E-state index contributed by atoms with van der Waals surface area (Å²) in [5.41, 5.74) is 0.858. The van der Waals surface area contributed by atoms with Crippen LogP contribution in [0.4, 0.5) is 4.39 Å². The highest BCUT2D eigenvalue weighted by atomic mass is 35.5. The molecule has 2 rings (SSSR count). The van der Waals surface area contributed by atoms with Gasteiger partial charge in [0.25, 0.3) is 0 Å². The second kappa shape index (κ2) is 4.62. The van der Waals surface area contributed by atoms with Crippen molar-refractivity contribution in [1.82, 2.24) is 0 Å². The lowest BCUT2D eigenvalue weighted by molar-refractivity contribution is 0.631. The molecule has 1 radical (unpaired) electrons. The zero-order valence-electron chi connectivity index (χ0n) is 7.90. The minimum atomic E-state index is -0.440. The van der Waals surface area contributed by atoms with E-state index in [1.807, 2.05) is 0 Å². The van der Waals surface area contributed by atoms with Gasteiger partial charge in [-0.05, 0) is 30.3 Å². The smallest absolute Gasteiger partial charge is 0.132 e. The van der Waals surface area contributed by atoms with Gasteiger partial charge in [0.1, 0.15) is 5.82 Å². The monoisotopic (exact) mass is 273 g/mol. The van der Waals surface area contributed by atoms with E-state index >= 15 is 0 Å². The number of hydrogen-bond acceptors (Lipinski definition) is 0. The van der Waals surface area contributed by atoms with Crippen LogP contribution in [0.25, 0.3) is 11.1 Å². The molecule has 0 amide bonds. The molecule has 0 saturated heterocycles. The lowest BCUT2D eigenvalue weighted by Crippen LogP contribution is -1.85. The Bertz CT molecular complexity index is 538. The molecule has 81 valence electrons. The molecule has 0 heterocycles. The minimum absolute atomic E-state index is 0.325. The van der Waals surface area contributed by atoms with Gasteiger partial charge in [-0.15, -0.1) is 0 Å². The van der Waals surface area contributed by atoms with Gasteiger partial charge >= 0.3 is 0 Å². The summed E-state index contributed by atoms with van der Waals surface area (Å²) in [6.45, 7) is 0. The van der Waals surface area contributed by atoms with Crippen molar-refractivity contribution in [2.24, 2.45) is 0 Å². The fourth-order valence-corrected chi connectivity index (χ4v) is 1.89. The predicted molar refractivity (Wildman–Crippen MR) is 65.7 cm³/mol. The van der Waals surface area contributed by atoms with Crippen molar-refractivity contribution in [1.29, 1.82) is 0 Å². The summed E-state index contributed by atoms with van der Waals surface area (Å²) in [5.74, 6) is -0.440. The molecule has 2 aromatic carbocycles. The third kappa shape index (κ3) is 2.32. The van der Waals surface area contributed by atoms with Crippen LogP contribution < -0.4 is 0 Å². The molecule has 16 heavy (non-hydrogen) atoms. The van der Waals surface area contributed by atoms with E-state index < -0.39 is 5.82 Å². The van der Waals surface area contributed by atoms with Crippen molar-refractivity contribution in [3.63, 3.8) is 0 Å². The Hall–Kier alpha value is -0.760. The lowest BCUT2D eigenvalue weighted by Gasteiger charge is -2.06. The SMILES string of the molecule is Fc1cc(Cl)ccc1-c1cc(Cl)c[c]c1Cl. The molecule has 0 aliphatic rings. The van der Waals surface area contributed by atoms with E-state index in [4.69, 9.17) is 34.8 Å². The van der Waals surface area contributed by atoms with Crippen LogP contribution in [0.2, 0.25) is 15.1 Å². The van der Waals surface area contributed by atoms with Crippen molar-refractivity contribution in [3.05, 3.63) is 57.3 Å². The maximum Gasteiger partial charge on any atom is 0.132 e. The van der Waals surface area contributed by atoms with Gasteiger partial charge in [-0.1, -0.05) is 34.8 Å². The van der Waals surface area contributed by atoms with Crippen molar-refractivity contribution in [2.45, 2.75) is 0 Å². The van der Waals surface area contributed by atoms with Crippen molar-refractivity contribution >= 4 is 34.8 Å². The van der Waals surface area contributed by atoms with Crippen LogP contribution in [0.3, 0.4) is 0 Å². The van der Waals surface area contributed by atoms with Gasteiger partial charge in [0.15, 0.2) is 0 Å². The Balaban J connectivity index is 2.62. The molecule has 0 nitrogen and oxygen atoms in total. The second-order valence-corrected chi connectivity index (χ2v) is 4.42. The first-order valence-corrected chi connectivity index (χ1v) is 5.53. The first-order valence-electron chi connectivity index (χ1n) is 4.40. The number of benzene rings is 2. The van der Waals surface area contributed by atoms with Crippen LogP contribution in [0.1, 0.15) is 0 Å². The normalized spacial score (nSPS) is 10.5. The Morgan fingerprint density at radius 1 is 0.938 bits per heavy atom. The van der Waals surface area contributed by atoms with E-state index in [-0.39, 0.29) is 0 Å². The Kier molecular flexibility index (Phi) is 3.38. The molecule has 0 aromatic heterocycles. The fourth-order valence-electron chi connectivity index (χ4n) is 1.36. The molecular formula is C12H5Cl3F. The summed E-state index contributed by atoms with van der Waals surface area (Å²) in [6.07, 6.45) is 0. The molecule has 2 aromatic rings. The summed E-state index contributed by atoms with van der Waals surface area (Å²) in [7, 11) is 0. The number of rotatable bonds is 1. The van der Waals surface area contributed by atoms with Crippen molar-refractivity contribution < 1.29 is 4.39 Å². The van der Waals surface area contributed by atoms with Crippen molar-refractivity contribution in [3.8, 4) is 11.1 Å². The number of halogens is 4. The van der Waals surface area contributed by atoms with Crippen molar-refractivity contribution in [2.75, 3.05) is 0 Å². The molecular weight excluding hydrogens is 269 g/mol. The Morgan fingerprint density at radius 2 is 1.69 bits per heavy atom. The quantitative estimate of drug-likeness (QED) is 0.666. The summed E-state index contributed by atoms with van der Waals surface area (Å²) in [4.78, 5) is 0. The molecule has 0 aliphatic heterocycles. The van der Waals surface area contributed by atoms with Gasteiger partial charge in [0.05, 0.1) is 5.02 Å². The molecule has 4 heteroatoms. The highest BCUT2D eigenvalue weighted by Gasteiger charge is 2.10. The molecule has 0 bridgehead atoms. The standard InChI is InChI=1S/C12H5Cl3F/c13-7-2-4-11(15)10(5-7)9-3-1-8(14)6-12(9)16/h1-3,5-6H. The zero-order valence-corrected chi connectivity index (χ0v) is 10.2. The van der Waals surface area contributed by atoms with E-state index in [0.29, 0.717) is 26.2 Å². The van der Waals surface area contributed by atoms with Gasteiger partial charge in [-0.2, -0.15) is 0 Å². The molecule has 0 spiro atoms. The van der Waals surface area contributed by atoms with E-state index in [0.717, 1.165) is 0 Å². The molecule has 0 fully saturated rings. The summed E-state index contributed by atoms with van der Waals surface area (Å²) >= 11 is 17.4. The molecule has 0 aliphatic carbocycles. The Morgan fingerprint density at radius 3 is 2.38 bits per heavy atom. The van der Waals surface area contributed by atoms with Crippen LogP contribution in [-0.2, 0) is 0 Å². The fraction of sp³-hybridized carbons (Fsp3) is 0. The molecule has 0 N–H and O–H groups in total. The van der Waals surface area contributed by atoms with Gasteiger partial charge in [0.2, 0.25) is 0 Å². The van der Waals surface area contributed by atoms with E-state index in [1.54, 1.807) is 18.2 Å². The largest absolute Gasteiger partial charge is 0.206 e. The molecule has 0 unspecified atom stereocenters. The van der Waals surface area contributed by atoms with Crippen LogP contribution in [0.15, 0.2) is 30.3 Å². The first-order chi connectivity index (χ1) is 7.58. The van der Waals surface area contributed by atoms with Gasteiger partial charge in [-0.25, -0.2) is 4.39 Å². The maximum atomic E-state index is 13.6. The van der Waals surface area contributed by atoms with Gasteiger partial charge in [0, 0.05) is 27.2 Å². The zero-order chi connectivity index (χ0) is 11.7. The van der Waals surface area contributed by atoms with Crippen LogP contribution in [0, 0.1) is 11.9 Å². The average molecular weight is 275 g/mol. The highest BCUT2D eigenvalue weighted by molar-refractivity contribution is 6.35. The van der Waals surface area contributed by atoms with E-state index in [1.165, 1.54) is 12.1 Å². The Labute approximate surface area is 108 Å². The van der Waals surface area contributed by atoms with E-state index in [9.17, 15) is 4.39 Å². The first kappa shape index (κ1) is 11.7. The minimum Gasteiger partial charge on any atom is -0.206 e. The van der Waals surface area contributed by atoms with Crippen LogP contribution >= 0.6 is 34.8 Å². The maximum absolute atomic E-state index is 13.6. The van der Waals surface area contributed by atoms with Gasteiger partial charge < -0.3 is 0 Å². The topological polar surface area (TPSA) is 0 Å². The van der Waals surface area contributed by atoms with Gasteiger partial charge in [-0.3, -0.25) is 0 Å². The second-order valence-electron chi connectivity index (χ2n) is 3.17. The summed E-state index contributed by atoms with van der Waals surface area (Å²) < 4.78 is 13.6. The predicted octanol–water partition coefficient (Wildman–Crippen LogP) is 5.25. The lowest BCUT2D eigenvalue weighted by atomic mass is 10.1. The molecule has 0 atom stereocenters. The summed E-state index contributed by atoms with van der Waals surface area (Å²) in [5, 5.41) is 1.11. The van der Waals surface area contributed by atoms with Crippen LogP contribution in [-0.4, -0.2) is 0 Å². The third-order valence-electron chi connectivity index (χ3n) is 2.08. The average Bonchev–Trinajstić information content (AvgIpc) is 2.22. The number of hydrogen-bond donors (Lipinski definition) is 0. The highest BCUT2D eigenvalue weighted by Crippen LogP contribution is 2.32. The third-order valence-corrected chi connectivity index (χ3v) is 2.84. The molecule has 0 saturated carbocycles. The summed E-state index contributed by atoms with van der Waals surface area (Å²) in [6, 6.07) is 10.2. The van der Waals surface area contributed by atoms with E-state index in [2.05, 4.69) is 6.07 Å². The van der Waals surface area contributed by atoms with Crippen LogP contribution in [0.5, 0.6) is 0 Å².